The number of hydrogen-bond acceptors (Lipinski definition) is 8. The zero-order valence-corrected chi connectivity index (χ0v) is 15.6. The van der Waals surface area contributed by atoms with Crippen LogP contribution in [0.15, 0.2) is 18.0 Å². The molecule has 1 N–H and O–H groups in total. The van der Waals surface area contributed by atoms with E-state index in [1.807, 2.05) is 0 Å². The lowest BCUT2D eigenvalue weighted by molar-refractivity contribution is -0.136. The Morgan fingerprint density at radius 2 is 2.32 bits per heavy atom. The summed E-state index contributed by atoms with van der Waals surface area (Å²) in [6.45, 7) is 5.80. The van der Waals surface area contributed by atoms with Gasteiger partial charge in [0.25, 0.3) is 5.91 Å². The molecule has 138 valence electrons. The summed E-state index contributed by atoms with van der Waals surface area (Å²) < 4.78 is 28.2. The average molecular weight is 387 g/mol. The lowest BCUT2D eigenvalue weighted by Crippen LogP contribution is -2.43. The molecular formula is C15H21N3O5S2. The summed E-state index contributed by atoms with van der Waals surface area (Å²) in [7, 11) is -3.09. The summed E-state index contributed by atoms with van der Waals surface area (Å²) >= 11 is 1.25. The zero-order valence-electron chi connectivity index (χ0n) is 13.9. The Hall–Kier alpha value is -1.94. The topological polar surface area (TPSA) is 106 Å². The van der Waals surface area contributed by atoms with E-state index in [2.05, 4.69) is 16.9 Å². The van der Waals surface area contributed by atoms with Gasteiger partial charge in [-0.15, -0.1) is 17.9 Å². The van der Waals surface area contributed by atoms with E-state index in [1.54, 1.807) is 18.4 Å². The molecule has 25 heavy (non-hydrogen) atoms. The molecule has 1 aliphatic heterocycles. The number of esters is 1. The lowest BCUT2D eigenvalue weighted by atomic mass is 10.2. The van der Waals surface area contributed by atoms with Crippen molar-refractivity contribution < 1.29 is 22.7 Å². The minimum Gasteiger partial charge on any atom is -0.451 e. The number of nitrogens with zero attached hydrogens (tertiary/aromatic N) is 2. The molecule has 2 heterocycles. The van der Waals surface area contributed by atoms with Crippen molar-refractivity contribution >= 4 is 38.2 Å². The number of anilines is 1. The molecule has 1 amide bonds. The number of thiazole rings is 1. The van der Waals surface area contributed by atoms with Crippen molar-refractivity contribution in [3.63, 3.8) is 0 Å². The first kappa shape index (κ1) is 19.4. The van der Waals surface area contributed by atoms with Gasteiger partial charge < -0.3 is 15.0 Å². The second kappa shape index (κ2) is 8.43. The molecule has 2 rings (SSSR count). The van der Waals surface area contributed by atoms with Crippen LogP contribution in [0.2, 0.25) is 0 Å². The van der Waals surface area contributed by atoms with Gasteiger partial charge >= 0.3 is 5.97 Å². The molecule has 8 nitrogen and oxygen atoms in total. The van der Waals surface area contributed by atoms with Crippen LogP contribution in [0.5, 0.6) is 0 Å². The van der Waals surface area contributed by atoms with Gasteiger partial charge in [-0.05, 0) is 13.3 Å². The van der Waals surface area contributed by atoms with Crippen molar-refractivity contribution in [3.05, 3.63) is 23.7 Å². The molecule has 0 saturated carbocycles. The van der Waals surface area contributed by atoms with E-state index < -0.39 is 28.3 Å². The maximum atomic E-state index is 12.3. The molecule has 10 heteroatoms. The van der Waals surface area contributed by atoms with Gasteiger partial charge in [0.2, 0.25) is 0 Å². The standard InChI is InChI=1S/C15H21N3O5S2/c1-3-6-16-15-17-12(9-24-15)14(20)23-8-13(19)18(4-2)11-5-7-25(21,22)10-11/h3,9,11H,1,4-8,10H2,2H3,(H,16,17). The van der Waals surface area contributed by atoms with Crippen LogP contribution >= 0.6 is 11.3 Å². The van der Waals surface area contributed by atoms with Crippen molar-refractivity contribution in [2.45, 2.75) is 19.4 Å². The Morgan fingerprint density at radius 1 is 1.56 bits per heavy atom. The summed E-state index contributed by atoms with van der Waals surface area (Å²) in [6.07, 6.45) is 2.08. The number of nitrogens with one attached hydrogen (secondary N) is 1. The van der Waals surface area contributed by atoms with Crippen molar-refractivity contribution in [2.24, 2.45) is 0 Å². The molecule has 0 bridgehead atoms. The van der Waals surface area contributed by atoms with Crippen molar-refractivity contribution in [1.29, 1.82) is 0 Å². The van der Waals surface area contributed by atoms with E-state index in [-0.39, 0.29) is 23.2 Å². The summed E-state index contributed by atoms with van der Waals surface area (Å²) in [4.78, 5) is 29.8. The Morgan fingerprint density at radius 3 is 2.92 bits per heavy atom. The van der Waals surface area contributed by atoms with Gasteiger partial charge in [-0.25, -0.2) is 18.2 Å². The fraction of sp³-hybridized carbons (Fsp3) is 0.533. The smallest absolute Gasteiger partial charge is 0.358 e. The quantitative estimate of drug-likeness (QED) is 0.522. The van der Waals surface area contributed by atoms with Gasteiger partial charge in [0.15, 0.2) is 27.3 Å². The fourth-order valence-electron chi connectivity index (χ4n) is 2.55. The molecular weight excluding hydrogens is 366 g/mol. The van der Waals surface area contributed by atoms with Gasteiger partial charge in [0, 0.05) is 24.5 Å². The third-order valence-electron chi connectivity index (χ3n) is 3.75. The highest BCUT2D eigenvalue weighted by Gasteiger charge is 2.34. The number of hydrogen-bond donors (Lipinski definition) is 1. The summed E-state index contributed by atoms with van der Waals surface area (Å²) in [5.74, 6) is -1.05. The lowest BCUT2D eigenvalue weighted by Gasteiger charge is -2.26. The number of carbonyl (C=O) groups excluding carboxylic acids is 2. The first-order chi connectivity index (χ1) is 11.9. The first-order valence-electron chi connectivity index (χ1n) is 7.83. The maximum absolute atomic E-state index is 12.3. The minimum atomic E-state index is -3.09. The van der Waals surface area contributed by atoms with Crippen LogP contribution in [0.1, 0.15) is 23.8 Å². The van der Waals surface area contributed by atoms with E-state index >= 15 is 0 Å². The minimum absolute atomic E-state index is 0.0368. The Balaban J connectivity index is 1.88. The van der Waals surface area contributed by atoms with E-state index in [4.69, 9.17) is 4.74 Å². The van der Waals surface area contributed by atoms with Gasteiger partial charge in [-0.2, -0.15) is 0 Å². The molecule has 0 radical (unpaired) electrons. The number of rotatable bonds is 8. The average Bonchev–Trinajstić information content (AvgIpc) is 3.18. The van der Waals surface area contributed by atoms with Crippen LogP contribution in [0.4, 0.5) is 5.13 Å². The Labute approximate surface area is 150 Å². The van der Waals surface area contributed by atoms with E-state index in [9.17, 15) is 18.0 Å². The van der Waals surface area contributed by atoms with Crippen LogP contribution in [-0.2, 0) is 19.4 Å². The van der Waals surface area contributed by atoms with Gasteiger partial charge in [0.05, 0.1) is 11.5 Å². The van der Waals surface area contributed by atoms with Crippen LogP contribution in [0, 0.1) is 0 Å². The van der Waals surface area contributed by atoms with E-state index in [0.717, 1.165) is 0 Å². The number of likely N-dealkylation sites (N-methyl/N-ethyl adjacent to an activating group) is 1. The highest BCUT2D eigenvalue weighted by molar-refractivity contribution is 7.91. The Kier molecular flexibility index (Phi) is 6.54. The van der Waals surface area contributed by atoms with Crippen LogP contribution in [0.3, 0.4) is 0 Å². The summed E-state index contributed by atoms with van der Waals surface area (Å²) in [5, 5.41) is 5.06. The molecule has 1 saturated heterocycles. The van der Waals surface area contributed by atoms with Gasteiger partial charge in [-0.1, -0.05) is 6.08 Å². The third kappa shape index (κ3) is 5.27. The van der Waals surface area contributed by atoms with Crippen molar-refractivity contribution in [3.8, 4) is 0 Å². The number of amides is 1. The number of aromatic nitrogens is 1. The third-order valence-corrected chi connectivity index (χ3v) is 6.30. The first-order valence-corrected chi connectivity index (χ1v) is 10.5. The highest BCUT2D eigenvalue weighted by Crippen LogP contribution is 2.18. The number of ether oxygens (including phenoxy) is 1. The predicted molar refractivity (Wildman–Crippen MR) is 95.5 cm³/mol. The molecule has 1 aromatic heterocycles. The molecule has 1 aromatic rings. The molecule has 0 aromatic carbocycles. The Bertz CT molecular complexity index is 744. The molecule has 1 fully saturated rings. The second-order valence-electron chi connectivity index (χ2n) is 5.52. The van der Waals surface area contributed by atoms with Crippen LogP contribution < -0.4 is 5.32 Å². The van der Waals surface area contributed by atoms with Gasteiger partial charge in [0.1, 0.15) is 0 Å². The van der Waals surface area contributed by atoms with Gasteiger partial charge in [-0.3, -0.25) is 4.79 Å². The normalized spacial score (nSPS) is 18.5. The zero-order chi connectivity index (χ0) is 18.4. The molecule has 0 spiro atoms. The predicted octanol–water partition coefficient (Wildman–Crippen LogP) is 0.933. The van der Waals surface area contributed by atoms with Crippen LogP contribution in [0.25, 0.3) is 0 Å². The van der Waals surface area contributed by atoms with Crippen molar-refractivity contribution in [1.82, 2.24) is 9.88 Å². The maximum Gasteiger partial charge on any atom is 0.358 e. The SMILES string of the molecule is C=CCNc1nc(C(=O)OCC(=O)N(CC)C2CCS(=O)(=O)C2)cs1. The largest absolute Gasteiger partial charge is 0.451 e. The summed E-state index contributed by atoms with van der Waals surface area (Å²) in [5.41, 5.74) is 0.121. The summed E-state index contributed by atoms with van der Waals surface area (Å²) in [6, 6.07) is -0.352. The highest BCUT2D eigenvalue weighted by atomic mass is 32.2. The molecule has 0 aliphatic carbocycles. The van der Waals surface area contributed by atoms with E-state index in [0.29, 0.717) is 24.6 Å². The number of carbonyl (C=O) groups is 2. The molecule has 1 aliphatic rings. The second-order valence-corrected chi connectivity index (χ2v) is 8.61. The molecule has 1 unspecified atom stereocenters. The fourth-order valence-corrected chi connectivity index (χ4v) is 4.97. The molecule has 1 atom stereocenters. The van der Waals surface area contributed by atoms with E-state index in [1.165, 1.54) is 16.2 Å². The number of sulfone groups is 1. The monoisotopic (exact) mass is 387 g/mol. The van der Waals surface area contributed by atoms with Crippen molar-refractivity contribution in [2.75, 3.05) is 36.5 Å². The van der Waals surface area contributed by atoms with Crippen LogP contribution in [-0.4, -0.2) is 67.4 Å².